The Morgan fingerprint density at radius 3 is 2.88 bits per heavy atom. The number of tetrazole rings is 1. The number of amides is 1. The van der Waals surface area contributed by atoms with Crippen molar-refractivity contribution in [3.8, 4) is 11.5 Å². The standard InChI is InChI=1S/C16H21N5O3S/c1-10(25-16-18-19-20-21(16)12-7-8-12)15(22)17-9-11-5-4-6-13(23-2)14(11)24-3/h4-6,10,12H,7-9H2,1-3H3,(H,17,22). The summed E-state index contributed by atoms with van der Waals surface area (Å²) in [6, 6.07) is 5.96. The number of nitrogens with zero attached hydrogens (tertiary/aromatic N) is 4. The number of methoxy groups -OCH3 is 2. The third kappa shape index (κ3) is 4.04. The van der Waals surface area contributed by atoms with Gasteiger partial charge >= 0.3 is 0 Å². The molecule has 1 aliphatic carbocycles. The second kappa shape index (κ2) is 7.73. The summed E-state index contributed by atoms with van der Waals surface area (Å²) in [6.07, 6.45) is 2.18. The molecule has 1 fully saturated rings. The van der Waals surface area contributed by atoms with Gasteiger partial charge in [0.05, 0.1) is 25.5 Å². The lowest BCUT2D eigenvalue weighted by atomic mass is 10.2. The second-order valence-corrected chi connectivity index (χ2v) is 7.08. The SMILES string of the molecule is COc1cccc(CNC(=O)C(C)Sc2nnnn2C2CC2)c1OC. The molecule has 1 aromatic carbocycles. The molecule has 1 aliphatic rings. The molecule has 0 spiro atoms. The predicted octanol–water partition coefficient (Wildman–Crippen LogP) is 1.82. The van der Waals surface area contributed by atoms with E-state index in [2.05, 4.69) is 20.8 Å². The van der Waals surface area contributed by atoms with E-state index < -0.39 is 0 Å². The Morgan fingerprint density at radius 1 is 1.40 bits per heavy atom. The van der Waals surface area contributed by atoms with Gasteiger partial charge in [0, 0.05) is 12.1 Å². The maximum absolute atomic E-state index is 12.4. The molecule has 3 rings (SSSR count). The van der Waals surface area contributed by atoms with E-state index in [1.807, 2.05) is 25.1 Å². The van der Waals surface area contributed by atoms with Crippen molar-refractivity contribution in [2.45, 2.75) is 42.8 Å². The van der Waals surface area contributed by atoms with Crippen LogP contribution in [0.25, 0.3) is 0 Å². The molecule has 1 saturated carbocycles. The summed E-state index contributed by atoms with van der Waals surface area (Å²) in [4.78, 5) is 12.4. The molecule has 1 heterocycles. The molecule has 9 heteroatoms. The van der Waals surface area contributed by atoms with Crippen LogP contribution in [0.4, 0.5) is 0 Å². The number of thioether (sulfide) groups is 1. The molecule has 1 unspecified atom stereocenters. The summed E-state index contributed by atoms with van der Waals surface area (Å²) in [5.41, 5.74) is 0.857. The van der Waals surface area contributed by atoms with Crippen LogP contribution in [0.15, 0.2) is 23.4 Å². The topological polar surface area (TPSA) is 91.2 Å². The van der Waals surface area contributed by atoms with Gasteiger partial charge in [-0.25, -0.2) is 4.68 Å². The second-order valence-electron chi connectivity index (χ2n) is 5.77. The van der Waals surface area contributed by atoms with Crippen LogP contribution < -0.4 is 14.8 Å². The zero-order valence-corrected chi connectivity index (χ0v) is 15.2. The highest BCUT2D eigenvalue weighted by atomic mass is 32.2. The third-order valence-corrected chi connectivity index (χ3v) is 4.99. The van der Waals surface area contributed by atoms with E-state index in [0.717, 1.165) is 18.4 Å². The molecule has 0 radical (unpaired) electrons. The Morgan fingerprint density at radius 2 is 2.20 bits per heavy atom. The molecule has 134 valence electrons. The first-order chi connectivity index (χ1) is 12.1. The maximum Gasteiger partial charge on any atom is 0.233 e. The van der Waals surface area contributed by atoms with Gasteiger partial charge in [0.25, 0.3) is 0 Å². The highest BCUT2D eigenvalue weighted by Gasteiger charge is 2.29. The van der Waals surface area contributed by atoms with Gasteiger partial charge in [-0.05, 0) is 36.3 Å². The van der Waals surface area contributed by atoms with E-state index in [4.69, 9.17) is 9.47 Å². The van der Waals surface area contributed by atoms with Crippen molar-refractivity contribution in [1.82, 2.24) is 25.5 Å². The smallest absolute Gasteiger partial charge is 0.233 e. The van der Waals surface area contributed by atoms with Crippen LogP contribution in [0.3, 0.4) is 0 Å². The van der Waals surface area contributed by atoms with Crippen LogP contribution >= 0.6 is 11.8 Å². The highest BCUT2D eigenvalue weighted by molar-refractivity contribution is 8.00. The molecule has 1 amide bonds. The molecule has 0 aliphatic heterocycles. The quantitative estimate of drug-likeness (QED) is 0.715. The Hall–Kier alpha value is -2.29. The zero-order chi connectivity index (χ0) is 17.8. The van der Waals surface area contributed by atoms with Gasteiger partial charge in [0.15, 0.2) is 11.5 Å². The summed E-state index contributed by atoms with van der Waals surface area (Å²) in [5, 5.41) is 15.0. The lowest BCUT2D eigenvalue weighted by Gasteiger charge is -2.15. The lowest BCUT2D eigenvalue weighted by Crippen LogP contribution is -2.30. The van der Waals surface area contributed by atoms with Gasteiger partial charge in [0.2, 0.25) is 11.1 Å². The van der Waals surface area contributed by atoms with Crippen LogP contribution in [-0.2, 0) is 11.3 Å². The van der Waals surface area contributed by atoms with Gasteiger partial charge in [-0.3, -0.25) is 4.79 Å². The zero-order valence-electron chi connectivity index (χ0n) is 14.4. The molecule has 1 atom stereocenters. The number of aromatic nitrogens is 4. The first-order valence-electron chi connectivity index (χ1n) is 8.06. The normalized spacial score (nSPS) is 14.8. The average Bonchev–Trinajstić information content (AvgIpc) is 3.38. The van der Waals surface area contributed by atoms with Crippen LogP contribution in [0.1, 0.15) is 31.4 Å². The fraction of sp³-hybridized carbons (Fsp3) is 0.500. The average molecular weight is 363 g/mol. The molecular weight excluding hydrogens is 342 g/mol. The van der Waals surface area contributed by atoms with Crippen molar-refractivity contribution in [3.05, 3.63) is 23.8 Å². The summed E-state index contributed by atoms with van der Waals surface area (Å²) in [7, 11) is 3.17. The van der Waals surface area contributed by atoms with Crippen molar-refractivity contribution >= 4 is 17.7 Å². The molecular formula is C16H21N5O3S. The summed E-state index contributed by atoms with van der Waals surface area (Å²) in [5.74, 6) is 1.18. The number of hydrogen-bond acceptors (Lipinski definition) is 7. The minimum Gasteiger partial charge on any atom is -0.493 e. The maximum atomic E-state index is 12.4. The summed E-state index contributed by atoms with van der Waals surface area (Å²) in [6.45, 7) is 2.20. The largest absolute Gasteiger partial charge is 0.493 e. The van der Waals surface area contributed by atoms with E-state index in [1.54, 1.807) is 18.9 Å². The summed E-state index contributed by atoms with van der Waals surface area (Å²) >= 11 is 1.36. The number of para-hydroxylation sites is 1. The minimum absolute atomic E-state index is 0.0831. The molecule has 1 N–H and O–H groups in total. The number of carbonyl (C=O) groups excluding carboxylic acids is 1. The van der Waals surface area contributed by atoms with Crippen molar-refractivity contribution in [2.75, 3.05) is 14.2 Å². The fourth-order valence-electron chi connectivity index (χ4n) is 2.44. The number of carbonyl (C=O) groups is 1. The third-order valence-electron chi connectivity index (χ3n) is 3.94. The van der Waals surface area contributed by atoms with Gasteiger partial charge in [-0.1, -0.05) is 23.9 Å². The number of rotatable bonds is 8. The Labute approximate surface area is 150 Å². The molecule has 25 heavy (non-hydrogen) atoms. The van der Waals surface area contributed by atoms with Crippen molar-refractivity contribution < 1.29 is 14.3 Å². The number of ether oxygens (including phenoxy) is 2. The van der Waals surface area contributed by atoms with Crippen molar-refractivity contribution in [1.29, 1.82) is 0 Å². The number of hydrogen-bond donors (Lipinski definition) is 1. The number of benzene rings is 1. The summed E-state index contributed by atoms with van der Waals surface area (Å²) < 4.78 is 12.5. The first-order valence-corrected chi connectivity index (χ1v) is 8.94. The van der Waals surface area contributed by atoms with Gasteiger partial charge in [-0.2, -0.15) is 0 Å². The van der Waals surface area contributed by atoms with Crippen molar-refractivity contribution in [2.24, 2.45) is 0 Å². The van der Waals surface area contributed by atoms with E-state index in [-0.39, 0.29) is 11.2 Å². The van der Waals surface area contributed by atoms with E-state index in [1.165, 1.54) is 11.8 Å². The molecule has 8 nitrogen and oxygen atoms in total. The Balaban J connectivity index is 1.59. The van der Waals surface area contributed by atoms with Gasteiger partial charge in [-0.15, -0.1) is 5.10 Å². The van der Waals surface area contributed by atoms with Crippen LogP contribution in [-0.4, -0.2) is 45.6 Å². The first kappa shape index (κ1) is 17.5. The molecule has 0 bridgehead atoms. The minimum atomic E-state index is -0.305. The molecule has 2 aromatic rings. The van der Waals surface area contributed by atoms with Crippen molar-refractivity contribution in [3.63, 3.8) is 0 Å². The Kier molecular flexibility index (Phi) is 5.42. The Bertz CT molecular complexity index is 747. The van der Waals surface area contributed by atoms with Gasteiger partial charge < -0.3 is 14.8 Å². The van der Waals surface area contributed by atoms with Crippen LogP contribution in [0.2, 0.25) is 0 Å². The lowest BCUT2D eigenvalue weighted by molar-refractivity contribution is -0.120. The van der Waals surface area contributed by atoms with E-state index in [0.29, 0.717) is 29.2 Å². The fourth-order valence-corrected chi connectivity index (χ4v) is 3.33. The predicted molar refractivity (Wildman–Crippen MR) is 92.8 cm³/mol. The van der Waals surface area contributed by atoms with E-state index in [9.17, 15) is 4.79 Å². The van der Waals surface area contributed by atoms with Crippen LogP contribution in [0, 0.1) is 0 Å². The molecule has 1 aromatic heterocycles. The highest BCUT2D eigenvalue weighted by Crippen LogP contribution is 2.37. The number of nitrogens with one attached hydrogen (secondary N) is 1. The van der Waals surface area contributed by atoms with Gasteiger partial charge in [0.1, 0.15) is 0 Å². The van der Waals surface area contributed by atoms with E-state index >= 15 is 0 Å². The molecule has 0 saturated heterocycles. The monoisotopic (exact) mass is 363 g/mol. The van der Waals surface area contributed by atoms with Crippen LogP contribution in [0.5, 0.6) is 11.5 Å².